The number of hydrogen-bond acceptors (Lipinski definition) is 4. The summed E-state index contributed by atoms with van der Waals surface area (Å²) in [4.78, 5) is 2.27. The van der Waals surface area contributed by atoms with E-state index in [9.17, 15) is 0 Å². The van der Waals surface area contributed by atoms with Crippen molar-refractivity contribution >= 4 is 0 Å². The number of aromatic nitrogens is 2. The smallest absolute Gasteiger partial charge is 0.118 e. The summed E-state index contributed by atoms with van der Waals surface area (Å²) in [6, 6.07) is 2.15. The van der Waals surface area contributed by atoms with E-state index in [2.05, 4.69) is 41.5 Å². The summed E-state index contributed by atoms with van der Waals surface area (Å²) in [6.07, 6.45) is 3.96. The Hall–Kier alpha value is -1.59. The number of rotatable bonds is 7. The lowest BCUT2D eigenvalue weighted by Gasteiger charge is -2.14. The van der Waals surface area contributed by atoms with Crippen molar-refractivity contribution in [2.75, 3.05) is 13.6 Å². The van der Waals surface area contributed by atoms with Crippen molar-refractivity contribution in [2.45, 2.75) is 33.5 Å². The first-order valence-corrected chi connectivity index (χ1v) is 7.03. The highest BCUT2D eigenvalue weighted by atomic mass is 16.3. The molecule has 5 heteroatoms. The zero-order chi connectivity index (χ0) is 14.5. The van der Waals surface area contributed by atoms with Crippen LogP contribution in [0.15, 0.2) is 22.9 Å². The van der Waals surface area contributed by atoms with Crippen molar-refractivity contribution in [3.63, 3.8) is 0 Å². The average Bonchev–Trinajstić information content (AvgIpc) is 2.94. The first-order valence-electron chi connectivity index (χ1n) is 7.03. The fraction of sp³-hybridized carbons (Fsp3) is 0.533. The molecule has 0 fully saturated rings. The average molecular weight is 276 g/mol. The van der Waals surface area contributed by atoms with Crippen LogP contribution in [0.3, 0.4) is 0 Å². The topological polar surface area (TPSA) is 46.2 Å². The molecule has 0 radical (unpaired) electrons. The normalized spacial score (nSPS) is 11.4. The SMILES string of the molecule is CCNCc1cc(CN(C)Cc2cnn(C)c2)c(C)o1. The Kier molecular flexibility index (Phi) is 4.98. The van der Waals surface area contributed by atoms with Gasteiger partial charge in [-0.2, -0.15) is 5.10 Å². The Labute approximate surface area is 120 Å². The van der Waals surface area contributed by atoms with E-state index in [0.29, 0.717) is 0 Å². The first kappa shape index (κ1) is 14.8. The molecule has 2 aromatic heterocycles. The molecule has 0 aromatic carbocycles. The maximum atomic E-state index is 5.77. The van der Waals surface area contributed by atoms with Crippen molar-refractivity contribution in [1.29, 1.82) is 0 Å². The third kappa shape index (κ3) is 3.95. The third-order valence-electron chi connectivity index (χ3n) is 3.27. The van der Waals surface area contributed by atoms with Gasteiger partial charge in [0.25, 0.3) is 0 Å². The Morgan fingerprint density at radius 3 is 2.85 bits per heavy atom. The quantitative estimate of drug-likeness (QED) is 0.841. The van der Waals surface area contributed by atoms with Gasteiger partial charge in [0.1, 0.15) is 11.5 Å². The minimum atomic E-state index is 0.795. The molecule has 110 valence electrons. The summed E-state index contributed by atoms with van der Waals surface area (Å²) in [5.74, 6) is 2.02. The van der Waals surface area contributed by atoms with Crippen LogP contribution >= 0.6 is 0 Å². The molecule has 0 aliphatic heterocycles. The van der Waals surface area contributed by atoms with E-state index in [1.54, 1.807) is 0 Å². The first-order chi connectivity index (χ1) is 9.58. The van der Waals surface area contributed by atoms with Crippen LogP contribution in [0.5, 0.6) is 0 Å². The molecule has 0 saturated carbocycles. The van der Waals surface area contributed by atoms with E-state index in [4.69, 9.17) is 4.42 Å². The van der Waals surface area contributed by atoms with Crippen LogP contribution in [0.4, 0.5) is 0 Å². The minimum absolute atomic E-state index is 0.795. The van der Waals surface area contributed by atoms with Crippen LogP contribution in [0.1, 0.15) is 29.6 Å². The zero-order valence-corrected chi connectivity index (χ0v) is 12.8. The van der Waals surface area contributed by atoms with Gasteiger partial charge in [-0.3, -0.25) is 9.58 Å². The molecule has 1 N–H and O–H groups in total. The van der Waals surface area contributed by atoms with Crippen LogP contribution in [-0.4, -0.2) is 28.3 Å². The molecule has 0 unspecified atom stereocenters. The maximum absolute atomic E-state index is 5.77. The molecule has 5 nitrogen and oxygen atoms in total. The Morgan fingerprint density at radius 2 is 2.20 bits per heavy atom. The Bertz CT molecular complexity index is 544. The van der Waals surface area contributed by atoms with Gasteiger partial charge in [0.2, 0.25) is 0 Å². The number of hydrogen-bond donors (Lipinski definition) is 1. The fourth-order valence-corrected chi connectivity index (χ4v) is 2.29. The molecule has 0 spiro atoms. The van der Waals surface area contributed by atoms with Crippen molar-refractivity contribution in [1.82, 2.24) is 20.0 Å². The molecular weight excluding hydrogens is 252 g/mol. The molecule has 2 heterocycles. The summed E-state index contributed by atoms with van der Waals surface area (Å²) < 4.78 is 7.60. The third-order valence-corrected chi connectivity index (χ3v) is 3.27. The van der Waals surface area contributed by atoms with Crippen molar-refractivity contribution in [3.8, 4) is 0 Å². The summed E-state index contributed by atoms with van der Waals surface area (Å²) in [5.41, 5.74) is 2.48. The van der Waals surface area contributed by atoms with Crippen LogP contribution in [-0.2, 0) is 26.7 Å². The van der Waals surface area contributed by atoms with Gasteiger partial charge in [-0.25, -0.2) is 0 Å². The molecule has 20 heavy (non-hydrogen) atoms. The second-order valence-corrected chi connectivity index (χ2v) is 5.27. The van der Waals surface area contributed by atoms with Crippen molar-refractivity contribution in [2.24, 2.45) is 7.05 Å². The number of furan rings is 1. The second kappa shape index (κ2) is 6.72. The lowest BCUT2D eigenvalue weighted by Crippen LogP contribution is -2.17. The molecule has 2 aromatic rings. The monoisotopic (exact) mass is 276 g/mol. The number of nitrogens with one attached hydrogen (secondary N) is 1. The standard InChI is InChI=1S/C15H24N4O/c1-5-16-8-15-6-14(12(2)20-15)11-18(3)9-13-7-17-19(4)10-13/h6-7,10,16H,5,8-9,11H2,1-4H3. The Morgan fingerprint density at radius 1 is 1.40 bits per heavy atom. The van der Waals surface area contributed by atoms with Gasteiger partial charge in [0.15, 0.2) is 0 Å². The molecule has 2 rings (SSSR count). The van der Waals surface area contributed by atoms with Crippen molar-refractivity contribution in [3.05, 3.63) is 41.1 Å². The molecule has 0 aliphatic rings. The molecule has 0 atom stereocenters. The highest BCUT2D eigenvalue weighted by Crippen LogP contribution is 2.17. The lowest BCUT2D eigenvalue weighted by atomic mass is 10.2. The predicted molar refractivity (Wildman–Crippen MR) is 79.2 cm³/mol. The minimum Gasteiger partial charge on any atom is -0.465 e. The van der Waals surface area contributed by atoms with Gasteiger partial charge in [-0.1, -0.05) is 6.92 Å². The van der Waals surface area contributed by atoms with Crippen LogP contribution < -0.4 is 5.32 Å². The van der Waals surface area contributed by atoms with E-state index in [1.165, 1.54) is 11.1 Å². The van der Waals surface area contributed by atoms with Crippen LogP contribution in [0, 0.1) is 6.92 Å². The molecule has 0 saturated heterocycles. The summed E-state index contributed by atoms with van der Waals surface area (Å²) in [6.45, 7) is 7.65. The van der Waals surface area contributed by atoms with Gasteiger partial charge < -0.3 is 9.73 Å². The van der Waals surface area contributed by atoms with E-state index < -0.39 is 0 Å². The van der Waals surface area contributed by atoms with Gasteiger partial charge in [0.05, 0.1) is 12.7 Å². The largest absolute Gasteiger partial charge is 0.465 e. The van der Waals surface area contributed by atoms with Crippen LogP contribution in [0.2, 0.25) is 0 Å². The molecule has 0 aliphatic carbocycles. The van der Waals surface area contributed by atoms with E-state index >= 15 is 0 Å². The van der Waals surface area contributed by atoms with Crippen LogP contribution in [0.25, 0.3) is 0 Å². The highest BCUT2D eigenvalue weighted by Gasteiger charge is 2.10. The lowest BCUT2D eigenvalue weighted by molar-refractivity contribution is 0.316. The number of nitrogens with zero attached hydrogens (tertiary/aromatic N) is 3. The fourth-order valence-electron chi connectivity index (χ4n) is 2.29. The zero-order valence-electron chi connectivity index (χ0n) is 12.8. The van der Waals surface area contributed by atoms with Gasteiger partial charge in [-0.15, -0.1) is 0 Å². The molecule has 0 amide bonds. The summed E-state index contributed by atoms with van der Waals surface area (Å²) in [7, 11) is 4.06. The Balaban J connectivity index is 1.93. The number of aryl methyl sites for hydroxylation is 2. The summed E-state index contributed by atoms with van der Waals surface area (Å²) >= 11 is 0. The van der Waals surface area contributed by atoms with Gasteiger partial charge in [0, 0.05) is 37.5 Å². The van der Waals surface area contributed by atoms with E-state index in [-0.39, 0.29) is 0 Å². The van der Waals surface area contributed by atoms with Gasteiger partial charge in [-0.05, 0) is 26.6 Å². The predicted octanol–water partition coefficient (Wildman–Crippen LogP) is 2.06. The van der Waals surface area contributed by atoms with E-state index in [1.807, 2.05) is 24.9 Å². The summed E-state index contributed by atoms with van der Waals surface area (Å²) in [5, 5.41) is 7.48. The van der Waals surface area contributed by atoms with Crippen molar-refractivity contribution < 1.29 is 4.42 Å². The highest BCUT2D eigenvalue weighted by molar-refractivity contribution is 5.21. The maximum Gasteiger partial charge on any atom is 0.118 e. The molecule has 0 bridgehead atoms. The van der Waals surface area contributed by atoms with E-state index in [0.717, 1.165) is 37.7 Å². The second-order valence-electron chi connectivity index (χ2n) is 5.27. The van der Waals surface area contributed by atoms with Gasteiger partial charge >= 0.3 is 0 Å². The molecular formula is C15H24N4O.